The summed E-state index contributed by atoms with van der Waals surface area (Å²) in [5.41, 5.74) is 0.660. The van der Waals surface area contributed by atoms with Crippen molar-refractivity contribution in [1.29, 1.82) is 0 Å². The van der Waals surface area contributed by atoms with Crippen LogP contribution in [0, 0.1) is 5.92 Å². The van der Waals surface area contributed by atoms with Crippen LogP contribution in [0.5, 0.6) is 0 Å². The highest BCUT2D eigenvalue weighted by Crippen LogP contribution is 2.24. The lowest BCUT2D eigenvalue weighted by atomic mass is 9.94. The summed E-state index contributed by atoms with van der Waals surface area (Å²) < 4.78 is 2.84. The van der Waals surface area contributed by atoms with Crippen molar-refractivity contribution in [3.63, 3.8) is 0 Å². The number of piperidine rings is 1. The van der Waals surface area contributed by atoms with Gasteiger partial charge >= 0.3 is 5.97 Å². The first-order valence-corrected chi connectivity index (χ1v) is 8.06. The van der Waals surface area contributed by atoms with E-state index in [4.69, 9.17) is 5.11 Å². The number of hydrogen-bond donors (Lipinski definition) is 1. The molecule has 1 amide bonds. The molecule has 1 aliphatic heterocycles. The zero-order chi connectivity index (χ0) is 15.6. The van der Waals surface area contributed by atoms with Gasteiger partial charge in [-0.1, -0.05) is 0 Å². The number of aliphatic carboxylic acids is 1. The zero-order valence-corrected chi connectivity index (χ0v) is 14.0. The molecule has 6 heteroatoms. The number of likely N-dealkylation sites (tertiary alicyclic amines) is 1. The lowest BCUT2D eigenvalue weighted by Gasteiger charge is -2.32. The number of carboxylic acids is 1. The molecular weight excluding hydrogens is 336 g/mol. The molecule has 2 heterocycles. The zero-order valence-electron chi connectivity index (χ0n) is 12.4. The topological polar surface area (TPSA) is 62.5 Å². The second-order valence-corrected chi connectivity index (χ2v) is 6.82. The van der Waals surface area contributed by atoms with Gasteiger partial charge in [0.15, 0.2) is 0 Å². The van der Waals surface area contributed by atoms with Crippen LogP contribution in [0.1, 0.15) is 49.6 Å². The summed E-state index contributed by atoms with van der Waals surface area (Å²) >= 11 is 3.42. The fourth-order valence-corrected chi connectivity index (χ4v) is 3.31. The van der Waals surface area contributed by atoms with Crippen LogP contribution in [0.3, 0.4) is 0 Å². The molecule has 116 valence electrons. The highest BCUT2D eigenvalue weighted by atomic mass is 79.9. The van der Waals surface area contributed by atoms with Gasteiger partial charge in [-0.3, -0.25) is 9.59 Å². The molecule has 1 unspecified atom stereocenters. The molecule has 0 spiro atoms. The number of hydrogen-bond acceptors (Lipinski definition) is 2. The Morgan fingerprint density at radius 1 is 1.48 bits per heavy atom. The molecule has 5 nitrogen and oxygen atoms in total. The molecule has 1 atom stereocenters. The number of nitrogens with zero attached hydrogens (tertiary/aromatic N) is 2. The standard InChI is InChI=1S/C15H21BrN2O3/c1-10(2)18-9-12(16)7-13(18)15(21)17-5-3-4-11(8-17)6-14(19)20/h7,9-11H,3-6,8H2,1-2H3,(H,19,20). The minimum Gasteiger partial charge on any atom is -0.481 e. The van der Waals surface area contributed by atoms with Gasteiger partial charge in [0, 0.05) is 36.2 Å². The number of aromatic nitrogens is 1. The number of carboxylic acid groups (broad SMARTS) is 1. The minimum absolute atomic E-state index is 0.00973. The Balaban J connectivity index is 2.14. The molecular formula is C15H21BrN2O3. The Bertz CT molecular complexity index is 539. The molecule has 0 bridgehead atoms. The van der Waals surface area contributed by atoms with Gasteiger partial charge in [-0.05, 0) is 54.6 Å². The molecule has 1 N–H and O–H groups in total. The predicted molar refractivity (Wildman–Crippen MR) is 83.4 cm³/mol. The van der Waals surface area contributed by atoms with Crippen LogP contribution < -0.4 is 0 Å². The Labute approximate surface area is 133 Å². The third kappa shape index (κ3) is 3.87. The summed E-state index contributed by atoms with van der Waals surface area (Å²) in [6, 6.07) is 2.04. The van der Waals surface area contributed by atoms with Crippen LogP contribution in [0.15, 0.2) is 16.7 Å². The fourth-order valence-electron chi connectivity index (χ4n) is 2.87. The smallest absolute Gasteiger partial charge is 0.303 e. The van der Waals surface area contributed by atoms with Crippen molar-refractivity contribution in [3.05, 3.63) is 22.4 Å². The van der Waals surface area contributed by atoms with Gasteiger partial charge in [-0.2, -0.15) is 0 Å². The number of carbonyl (C=O) groups is 2. The van der Waals surface area contributed by atoms with Crippen molar-refractivity contribution in [2.45, 2.75) is 39.2 Å². The third-order valence-corrected chi connectivity index (χ3v) is 4.29. The van der Waals surface area contributed by atoms with Crippen molar-refractivity contribution in [1.82, 2.24) is 9.47 Å². The van der Waals surface area contributed by atoms with E-state index >= 15 is 0 Å². The average molecular weight is 357 g/mol. The van der Waals surface area contributed by atoms with Gasteiger partial charge in [-0.25, -0.2) is 0 Å². The molecule has 0 aliphatic carbocycles. The lowest BCUT2D eigenvalue weighted by molar-refractivity contribution is -0.138. The van der Waals surface area contributed by atoms with Gasteiger partial charge in [0.2, 0.25) is 0 Å². The van der Waals surface area contributed by atoms with Gasteiger partial charge in [0.1, 0.15) is 5.69 Å². The van der Waals surface area contributed by atoms with E-state index in [1.54, 1.807) is 4.90 Å². The summed E-state index contributed by atoms with van der Waals surface area (Å²) in [5, 5.41) is 8.91. The second-order valence-electron chi connectivity index (χ2n) is 5.90. The Hall–Kier alpha value is -1.30. The van der Waals surface area contributed by atoms with Crippen molar-refractivity contribution in [2.24, 2.45) is 5.92 Å². The fraction of sp³-hybridized carbons (Fsp3) is 0.600. The van der Waals surface area contributed by atoms with Crippen molar-refractivity contribution >= 4 is 27.8 Å². The first-order chi connectivity index (χ1) is 9.88. The minimum atomic E-state index is -0.789. The lowest BCUT2D eigenvalue weighted by Crippen LogP contribution is -2.41. The van der Waals surface area contributed by atoms with Crippen molar-refractivity contribution in [2.75, 3.05) is 13.1 Å². The Morgan fingerprint density at radius 3 is 2.81 bits per heavy atom. The average Bonchev–Trinajstić information content (AvgIpc) is 2.80. The molecule has 2 rings (SSSR count). The maximum absolute atomic E-state index is 12.7. The normalized spacial score (nSPS) is 19.0. The third-order valence-electron chi connectivity index (χ3n) is 3.86. The van der Waals surface area contributed by atoms with Crippen LogP contribution in [0.4, 0.5) is 0 Å². The van der Waals surface area contributed by atoms with E-state index in [9.17, 15) is 9.59 Å². The predicted octanol–water partition coefficient (Wildman–Crippen LogP) is 3.16. The van der Waals surface area contributed by atoms with Crippen LogP contribution in [0.25, 0.3) is 0 Å². The summed E-state index contributed by atoms with van der Waals surface area (Å²) in [6.07, 6.45) is 3.80. The van der Waals surface area contributed by atoms with E-state index in [-0.39, 0.29) is 24.3 Å². The van der Waals surface area contributed by atoms with E-state index in [1.807, 2.05) is 30.7 Å². The molecule has 1 saturated heterocycles. The van der Waals surface area contributed by atoms with Crippen LogP contribution in [0.2, 0.25) is 0 Å². The first-order valence-electron chi connectivity index (χ1n) is 7.27. The summed E-state index contributed by atoms with van der Waals surface area (Å²) in [4.78, 5) is 25.3. The summed E-state index contributed by atoms with van der Waals surface area (Å²) in [6.45, 7) is 5.31. The molecule has 0 aromatic carbocycles. The quantitative estimate of drug-likeness (QED) is 0.900. The van der Waals surface area contributed by atoms with E-state index in [1.165, 1.54) is 0 Å². The highest BCUT2D eigenvalue weighted by Gasteiger charge is 2.27. The van der Waals surface area contributed by atoms with E-state index in [0.717, 1.165) is 17.3 Å². The van der Waals surface area contributed by atoms with E-state index < -0.39 is 5.97 Å². The molecule has 1 aromatic rings. The van der Waals surface area contributed by atoms with Crippen molar-refractivity contribution in [3.8, 4) is 0 Å². The highest BCUT2D eigenvalue weighted by molar-refractivity contribution is 9.10. The molecule has 0 saturated carbocycles. The van der Waals surface area contributed by atoms with Crippen molar-refractivity contribution < 1.29 is 14.7 Å². The maximum atomic E-state index is 12.7. The Morgan fingerprint density at radius 2 is 2.19 bits per heavy atom. The molecule has 1 aliphatic rings. The molecule has 1 aromatic heterocycles. The number of rotatable bonds is 4. The van der Waals surface area contributed by atoms with Crippen LogP contribution >= 0.6 is 15.9 Å². The second kappa shape index (κ2) is 6.64. The Kier molecular flexibility index (Phi) is 5.08. The maximum Gasteiger partial charge on any atom is 0.303 e. The first kappa shape index (κ1) is 16.1. The van der Waals surface area contributed by atoms with E-state index in [0.29, 0.717) is 18.8 Å². The van der Waals surface area contributed by atoms with E-state index in [2.05, 4.69) is 15.9 Å². The summed E-state index contributed by atoms with van der Waals surface area (Å²) in [7, 11) is 0. The largest absolute Gasteiger partial charge is 0.481 e. The number of carbonyl (C=O) groups excluding carboxylic acids is 1. The van der Waals surface area contributed by atoms with Crippen LogP contribution in [-0.2, 0) is 4.79 Å². The SMILES string of the molecule is CC(C)n1cc(Br)cc1C(=O)N1CCCC(CC(=O)O)C1. The van der Waals surface area contributed by atoms with Gasteiger partial charge in [0.05, 0.1) is 0 Å². The summed E-state index contributed by atoms with van der Waals surface area (Å²) in [5.74, 6) is -0.738. The van der Waals surface area contributed by atoms with Gasteiger partial charge in [-0.15, -0.1) is 0 Å². The number of halogens is 1. The monoisotopic (exact) mass is 356 g/mol. The molecule has 0 radical (unpaired) electrons. The van der Waals surface area contributed by atoms with Gasteiger partial charge < -0.3 is 14.6 Å². The molecule has 21 heavy (non-hydrogen) atoms. The number of amides is 1. The van der Waals surface area contributed by atoms with Gasteiger partial charge in [0.25, 0.3) is 5.91 Å². The van der Waals surface area contributed by atoms with Crippen LogP contribution in [-0.4, -0.2) is 39.5 Å². The molecule has 1 fully saturated rings.